The van der Waals surface area contributed by atoms with E-state index < -0.39 is 0 Å². The van der Waals surface area contributed by atoms with E-state index in [4.69, 9.17) is 0 Å². The van der Waals surface area contributed by atoms with Gasteiger partial charge in [-0.3, -0.25) is 14.5 Å². The summed E-state index contributed by atoms with van der Waals surface area (Å²) < 4.78 is 0. The van der Waals surface area contributed by atoms with Gasteiger partial charge in [0, 0.05) is 44.9 Å². The van der Waals surface area contributed by atoms with Gasteiger partial charge in [-0.1, -0.05) is 24.3 Å². The molecule has 2 aliphatic carbocycles. The van der Waals surface area contributed by atoms with Crippen LogP contribution in [0.3, 0.4) is 0 Å². The molecule has 3 aliphatic rings. The molecule has 1 aromatic carbocycles. The van der Waals surface area contributed by atoms with Gasteiger partial charge in [-0.05, 0) is 24.0 Å². The second kappa shape index (κ2) is 6.67. The van der Waals surface area contributed by atoms with E-state index in [1.165, 1.54) is 11.1 Å². The van der Waals surface area contributed by atoms with Gasteiger partial charge in [-0.15, -0.1) is 0 Å². The molecule has 0 bridgehead atoms. The number of fused-ring (bicyclic) bond motifs is 3. The molecule has 2 amide bonds. The minimum Gasteiger partial charge on any atom is -0.393 e. The molecule has 3 atom stereocenters. The fraction of sp³-hybridized carbons (Fsp3) is 0.600. The molecule has 0 unspecified atom stereocenters. The maximum Gasteiger partial charge on any atom is 0.236 e. The van der Waals surface area contributed by atoms with Crippen molar-refractivity contribution in [3.63, 3.8) is 0 Å². The van der Waals surface area contributed by atoms with Crippen LogP contribution in [0.4, 0.5) is 0 Å². The van der Waals surface area contributed by atoms with Crippen molar-refractivity contribution in [2.75, 3.05) is 33.7 Å². The average Bonchev–Trinajstić information content (AvgIpc) is 3.10. The molecular weight excluding hydrogens is 330 g/mol. The van der Waals surface area contributed by atoms with E-state index in [1.807, 2.05) is 6.07 Å². The number of carbonyl (C=O) groups excluding carboxylic acids is 2. The van der Waals surface area contributed by atoms with E-state index in [1.54, 1.807) is 19.0 Å². The third-order valence-corrected chi connectivity index (χ3v) is 6.24. The predicted octanol–water partition coefficient (Wildman–Crippen LogP) is 0.732. The Labute approximate surface area is 154 Å². The van der Waals surface area contributed by atoms with Crippen LogP contribution >= 0.6 is 0 Å². The van der Waals surface area contributed by atoms with Crippen molar-refractivity contribution in [1.29, 1.82) is 0 Å². The summed E-state index contributed by atoms with van der Waals surface area (Å²) in [5, 5.41) is 12.7. The van der Waals surface area contributed by atoms with Gasteiger partial charge in [-0.2, -0.15) is 0 Å². The largest absolute Gasteiger partial charge is 0.393 e. The molecule has 1 aromatic rings. The van der Waals surface area contributed by atoms with Crippen LogP contribution in [-0.4, -0.2) is 66.6 Å². The molecule has 0 aromatic heterocycles. The summed E-state index contributed by atoms with van der Waals surface area (Å²) in [5.74, 6) is 0.764. The monoisotopic (exact) mass is 357 g/mol. The van der Waals surface area contributed by atoms with Crippen LogP contribution in [0.15, 0.2) is 24.3 Å². The molecule has 0 spiro atoms. The summed E-state index contributed by atoms with van der Waals surface area (Å²) >= 11 is 0. The van der Waals surface area contributed by atoms with Crippen LogP contribution in [-0.2, 0) is 9.59 Å². The van der Waals surface area contributed by atoms with E-state index >= 15 is 0 Å². The second-order valence-corrected chi connectivity index (χ2v) is 8.19. The van der Waals surface area contributed by atoms with Crippen molar-refractivity contribution in [3.8, 4) is 0 Å². The number of hydrogen-bond acceptors (Lipinski definition) is 4. The molecule has 1 heterocycles. The highest BCUT2D eigenvalue weighted by Gasteiger charge is 2.47. The van der Waals surface area contributed by atoms with Gasteiger partial charge < -0.3 is 15.3 Å². The number of aliphatic hydroxyl groups excluding tert-OH is 1. The lowest BCUT2D eigenvalue weighted by Crippen LogP contribution is -2.44. The van der Waals surface area contributed by atoms with E-state index in [0.717, 1.165) is 13.1 Å². The number of nitrogens with one attached hydrogen (secondary N) is 1. The highest BCUT2D eigenvalue weighted by molar-refractivity contribution is 5.80. The smallest absolute Gasteiger partial charge is 0.236 e. The van der Waals surface area contributed by atoms with E-state index in [-0.39, 0.29) is 29.9 Å². The standard InChI is InChI=1S/C20H27N3O3/c1-22(2)18(25)11-23-9-16-14-5-3-4-6-15(14)19(17(16)10-23)21-20(26)12-7-13(24)8-12/h3-6,12-13,16-17,19,24H,7-11H2,1-2H3,(H,21,26)/t12?,13?,16-,17-,19+/m0/s1. The lowest BCUT2D eigenvalue weighted by molar-refractivity contribution is -0.132. The molecule has 6 heteroatoms. The summed E-state index contributed by atoms with van der Waals surface area (Å²) in [6.07, 6.45) is 0.809. The number of rotatable bonds is 4. The Hall–Kier alpha value is -1.92. The fourth-order valence-electron chi connectivity index (χ4n) is 4.66. The summed E-state index contributed by atoms with van der Waals surface area (Å²) in [7, 11) is 3.56. The topological polar surface area (TPSA) is 72.9 Å². The molecule has 26 heavy (non-hydrogen) atoms. The van der Waals surface area contributed by atoms with Crippen molar-refractivity contribution in [3.05, 3.63) is 35.4 Å². The van der Waals surface area contributed by atoms with Crippen molar-refractivity contribution in [1.82, 2.24) is 15.1 Å². The zero-order valence-electron chi connectivity index (χ0n) is 15.4. The number of aliphatic hydroxyl groups is 1. The minimum absolute atomic E-state index is 0.000834. The van der Waals surface area contributed by atoms with Crippen LogP contribution in [0.25, 0.3) is 0 Å². The highest BCUT2D eigenvalue weighted by Crippen LogP contribution is 2.49. The van der Waals surface area contributed by atoms with Crippen molar-refractivity contribution < 1.29 is 14.7 Å². The molecule has 0 radical (unpaired) electrons. The maximum atomic E-state index is 12.6. The maximum absolute atomic E-state index is 12.6. The summed E-state index contributed by atoms with van der Waals surface area (Å²) in [5.41, 5.74) is 2.52. The van der Waals surface area contributed by atoms with Gasteiger partial charge in [0.2, 0.25) is 11.8 Å². The first-order chi connectivity index (χ1) is 12.4. The van der Waals surface area contributed by atoms with Gasteiger partial charge >= 0.3 is 0 Å². The van der Waals surface area contributed by atoms with Crippen LogP contribution in [0.5, 0.6) is 0 Å². The number of carbonyl (C=O) groups is 2. The number of likely N-dealkylation sites (N-methyl/N-ethyl adjacent to an activating group) is 1. The van der Waals surface area contributed by atoms with Gasteiger partial charge in [0.1, 0.15) is 0 Å². The Morgan fingerprint density at radius 3 is 2.54 bits per heavy atom. The Morgan fingerprint density at radius 1 is 1.19 bits per heavy atom. The average molecular weight is 357 g/mol. The molecule has 140 valence electrons. The molecule has 6 nitrogen and oxygen atoms in total. The van der Waals surface area contributed by atoms with Crippen LogP contribution in [0, 0.1) is 11.8 Å². The first kappa shape index (κ1) is 17.5. The highest BCUT2D eigenvalue weighted by atomic mass is 16.3. The number of nitrogens with zero attached hydrogens (tertiary/aromatic N) is 2. The second-order valence-electron chi connectivity index (χ2n) is 8.19. The third kappa shape index (κ3) is 3.01. The summed E-state index contributed by atoms with van der Waals surface area (Å²) in [6, 6.07) is 8.35. The Kier molecular flexibility index (Phi) is 4.49. The van der Waals surface area contributed by atoms with Gasteiger partial charge in [-0.25, -0.2) is 0 Å². The zero-order chi connectivity index (χ0) is 18.4. The van der Waals surface area contributed by atoms with Crippen molar-refractivity contribution in [2.24, 2.45) is 11.8 Å². The van der Waals surface area contributed by atoms with Crippen molar-refractivity contribution >= 4 is 11.8 Å². The molecule has 1 saturated carbocycles. The number of likely N-dealkylation sites (tertiary alicyclic amines) is 1. The molecule has 2 fully saturated rings. The molecule has 4 rings (SSSR count). The Morgan fingerprint density at radius 2 is 1.88 bits per heavy atom. The molecule has 2 N–H and O–H groups in total. The number of hydrogen-bond donors (Lipinski definition) is 2. The minimum atomic E-state index is -0.326. The lowest BCUT2D eigenvalue weighted by Gasteiger charge is -2.32. The third-order valence-electron chi connectivity index (χ3n) is 6.24. The van der Waals surface area contributed by atoms with Gasteiger partial charge in [0.25, 0.3) is 0 Å². The summed E-state index contributed by atoms with van der Waals surface area (Å²) in [4.78, 5) is 28.5. The lowest BCUT2D eigenvalue weighted by atomic mass is 9.81. The Bertz CT molecular complexity index is 714. The number of amides is 2. The van der Waals surface area contributed by atoms with Gasteiger partial charge in [0.05, 0.1) is 18.7 Å². The predicted molar refractivity (Wildman–Crippen MR) is 97.4 cm³/mol. The fourth-order valence-corrected chi connectivity index (χ4v) is 4.66. The molecule has 1 saturated heterocycles. The van der Waals surface area contributed by atoms with E-state index in [9.17, 15) is 14.7 Å². The quantitative estimate of drug-likeness (QED) is 0.833. The van der Waals surface area contributed by atoms with Crippen LogP contribution in [0.2, 0.25) is 0 Å². The van der Waals surface area contributed by atoms with E-state index in [0.29, 0.717) is 31.2 Å². The van der Waals surface area contributed by atoms with Gasteiger partial charge in [0.15, 0.2) is 0 Å². The summed E-state index contributed by atoms with van der Waals surface area (Å²) in [6.45, 7) is 2.10. The normalized spacial score (nSPS) is 32.5. The first-order valence-corrected chi connectivity index (χ1v) is 9.43. The first-order valence-electron chi connectivity index (χ1n) is 9.43. The Balaban J connectivity index is 1.50. The van der Waals surface area contributed by atoms with E-state index in [2.05, 4.69) is 28.4 Å². The SMILES string of the molecule is CN(C)C(=O)CN1C[C@@H]2[C@H](NC(=O)C3CC(O)C3)c3ccccc3[C@@H]2C1. The zero-order valence-corrected chi connectivity index (χ0v) is 15.4. The number of benzene rings is 1. The van der Waals surface area contributed by atoms with Crippen LogP contribution in [0.1, 0.15) is 35.9 Å². The molecule has 1 aliphatic heterocycles. The molecular formula is C20H27N3O3. The van der Waals surface area contributed by atoms with Crippen molar-refractivity contribution in [2.45, 2.75) is 30.9 Å². The van der Waals surface area contributed by atoms with Crippen LogP contribution < -0.4 is 5.32 Å².